The molecule has 0 radical (unpaired) electrons. The third kappa shape index (κ3) is 3.53. The maximum absolute atomic E-state index is 11.5. The number of hydrogen-bond donors (Lipinski definition) is 2. The van der Waals surface area contributed by atoms with E-state index in [1.807, 2.05) is 0 Å². The van der Waals surface area contributed by atoms with E-state index in [0.29, 0.717) is 30.6 Å². The van der Waals surface area contributed by atoms with Gasteiger partial charge < -0.3 is 11.1 Å². The summed E-state index contributed by atoms with van der Waals surface area (Å²) in [5.41, 5.74) is 6.23. The number of nitrogens with zero attached hydrogens (tertiary/aromatic N) is 1. The van der Waals surface area contributed by atoms with Crippen molar-refractivity contribution < 1.29 is 9.72 Å². The van der Waals surface area contributed by atoms with Crippen LogP contribution in [-0.4, -0.2) is 17.4 Å². The van der Waals surface area contributed by atoms with E-state index in [1.54, 1.807) is 19.1 Å². The second-order valence-corrected chi connectivity index (χ2v) is 3.65. The molecule has 0 saturated heterocycles. The molecule has 0 aliphatic rings. The van der Waals surface area contributed by atoms with E-state index in [0.717, 1.165) is 0 Å². The number of nitrogens with one attached hydrogen (secondary N) is 1. The molecule has 1 amide bonds. The summed E-state index contributed by atoms with van der Waals surface area (Å²) < 4.78 is 0. The summed E-state index contributed by atoms with van der Waals surface area (Å²) in [5.74, 6) is -0.181. The Bertz CT molecular complexity index is 432. The van der Waals surface area contributed by atoms with Crippen molar-refractivity contribution in [1.29, 1.82) is 0 Å². The molecular weight excluding hydrogens is 222 g/mol. The molecule has 6 heteroatoms. The fourth-order valence-corrected chi connectivity index (χ4v) is 1.43. The van der Waals surface area contributed by atoms with Crippen LogP contribution in [0, 0.1) is 17.0 Å². The van der Waals surface area contributed by atoms with Crippen LogP contribution >= 0.6 is 0 Å². The van der Waals surface area contributed by atoms with Crippen LogP contribution in [0.15, 0.2) is 18.2 Å². The predicted molar refractivity (Wildman–Crippen MR) is 64.8 cm³/mol. The Morgan fingerprint density at radius 2 is 2.24 bits per heavy atom. The minimum atomic E-state index is -0.467. The topological polar surface area (TPSA) is 98.3 Å². The zero-order valence-corrected chi connectivity index (χ0v) is 9.60. The van der Waals surface area contributed by atoms with Crippen LogP contribution in [0.5, 0.6) is 0 Å². The molecule has 3 N–H and O–H groups in total. The molecule has 0 heterocycles. The van der Waals surface area contributed by atoms with Crippen LogP contribution < -0.4 is 11.1 Å². The van der Waals surface area contributed by atoms with Crippen molar-refractivity contribution in [3.05, 3.63) is 33.9 Å². The highest BCUT2D eigenvalue weighted by molar-refractivity contribution is 5.92. The highest BCUT2D eigenvalue weighted by Gasteiger charge is 2.14. The van der Waals surface area contributed by atoms with Gasteiger partial charge in [0.05, 0.1) is 16.2 Å². The quantitative estimate of drug-likeness (QED) is 0.600. The molecular formula is C11H15N3O3. The zero-order chi connectivity index (χ0) is 12.8. The van der Waals surface area contributed by atoms with Gasteiger partial charge in [0.2, 0.25) is 5.91 Å². The summed E-state index contributed by atoms with van der Waals surface area (Å²) in [4.78, 5) is 21.7. The lowest BCUT2D eigenvalue weighted by Gasteiger charge is -2.08. The first-order chi connectivity index (χ1) is 8.06. The number of anilines is 1. The number of hydrogen-bond acceptors (Lipinski definition) is 4. The van der Waals surface area contributed by atoms with E-state index in [2.05, 4.69) is 5.32 Å². The molecule has 0 aromatic heterocycles. The molecule has 1 aromatic carbocycles. The van der Waals surface area contributed by atoms with E-state index in [1.165, 1.54) is 6.07 Å². The van der Waals surface area contributed by atoms with Gasteiger partial charge in [0, 0.05) is 12.5 Å². The SMILES string of the molecule is Cc1c(NC(=O)CCCN)cccc1[N+](=O)[O-]. The lowest BCUT2D eigenvalue weighted by Crippen LogP contribution is -2.14. The van der Waals surface area contributed by atoms with E-state index < -0.39 is 4.92 Å². The maximum Gasteiger partial charge on any atom is 0.274 e. The van der Waals surface area contributed by atoms with Crippen molar-refractivity contribution in [2.75, 3.05) is 11.9 Å². The summed E-state index contributed by atoms with van der Waals surface area (Å²) in [6, 6.07) is 4.59. The van der Waals surface area contributed by atoms with Gasteiger partial charge in [-0.25, -0.2) is 0 Å². The van der Waals surface area contributed by atoms with Crippen LogP contribution in [0.2, 0.25) is 0 Å². The Balaban J connectivity index is 2.81. The Hall–Kier alpha value is -1.95. The number of carbonyl (C=O) groups is 1. The van der Waals surface area contributed by atoms with Gasteiger partial charge in [-0.05, 0) is 26.0 Å². The predicted octanol–water partition coefficient (Wildman–Crippen LogP) is 1.58. The number of nitro groups is 1. The number of carbonyl (C=O) groups excluding carboxylic acids is 1. The Kier molecular flexibility index (Phi) is 4.59. The molecule has 0 unspecified atom stereocenters. The van der Waals surface area contributed by atoms with Gasteiger partial charge in [0.1, 0.15) is 0 Å². The fraction of sp³-hybridized carbons (Fsp3) is 0.364. The van der Waals surface area contributed by atoms with Crippen molar-refractivity contribution in [3.8, 4) is 0 Å². The molecule has 0 bridgehead atoms. The Morgan fingerprint density at radius 3 is 2.82 bits per heavy atom. The Morgan fingerprint density at radius 1 is 1.53 bits per heavy atom. The second-order valence-electron chi connectivity index (χ2n) is 3.65. The van der Waals surface area contributed by atoms with E-state index in [9.17, 15) is 14.9 Å². The average Bonchev–Trinajstić information content (AvgIpc) is 2.28. The molecule has 0 spiro atoms. The first-order valence-electron chi connectivity index (χ1n) is 5.30. The van der Waals surface area contributed by atoms with Crippen molar-refractivity contribution in [1.82, 2.24) is 0 Å². The van der Waals surface area contributed by atoms with Crippen LogP contribution in [0.3, 0.4) is 0 Å². The lowest BCUT2D eigenvalue weighted by molar-refractivity contribution is -0.385. The lowest BCUT2D eigenvalue weighted by atomic mass is 10.1. The van der Waals surface area contributed by atoms with Crippen LogP contribution in [0.1, 0.15) is 18.4 Å². The number of amides is 1. The van der Waals surface area contributed by atoms with Crippen molar-refractivity contribution in [2.24, 2.45) is 5.73 Å². The normalized spacial score (nSPS) is 10.0. The van der Waals surface area contributed by atoms with Crippen molar-refractivity contribution >= 4 is 17.3 Å². The summed E-state index contributed by atoms with van der Waals surface area (Å²) in [6.07, 6.45) is 0.915. The molecule has 92 valence electrons. The fourth-order valence-electron chi connectivity index (χ4n) is 1.43. The van der Waals surface area contributed by atoms with Crippen LogP contribution in [0.4, 0.5) is 11.4 Å². The number of nitrogens with two attached hydrogens (primary N) is 1. The molecule has 1 rings (SSSR count). The maximum atomic E-state index is 11.5. The molecule has 17 heavy (non-hydrogen) atoms. The van der Waals surface area contributed by atoms with Crippen molar-refractivity contribution in [2.45, 2.75) is 19.8 Å². The van der Waals surface area contributed by atoms with E-state index in [-0.39, 0.29) is 11.6 Å². The minimum absolute atomic E-state index is 0.00150. The molecule has 0 aliphatic carbocycles. The smallest absolute Gasteiger partial charge is 0.274 e. The number of nitro benzene ring substituents is 1. The molecule has 6 nitrogen and oxygen atoms in total. The van der Waals surface area contributed by atoms with Gasteiger partial charge in [0.25, 0.3) is 5.69 Å². The number of rotatable bonds is 5. The molecule has 0 fully saturated rings. The molecule has 0 atom stereocenters. The standard InChI is InChI=1S/C11H15N3O3/c1-8-9(13-11(15)6-3-7-12)4-2-5-10(8)14(16)17/h2,4-5H,3,6-7,12H2,1H3,(H,13,15). The first-order valence-corrected chi connectivity index (χ1v) is 5.30. The third-order valence-electron chi connectivity index (χ3n) is 2.38. The molecule has 1 aromatic rings. The summed E-state index contributed by atoms with van der Waals surface area (Å²) in [6.45, 7) is 2.05. The van der Waals surface area contributed by atoms with Gasteiger partial charge in [-0.15, -0.1) is 0 Å². The zero-order valence-electron chi connectivity index (χ0n) is 9.60. The first kappa shape index (κ1) is 13.1. The average molecular weight is 237 g/mol. The van der Waals surface area contributed by atoms with Gasteiger partial charge in [-0.1, -0.05) is 6.07 Å². The van der Waals surface area contributed by atoms with Gasteiger partial charge in [0.15, 0.2) is 0 Å². The van der Waals surface area contributed by atoms with E-state index in [4.69, 9.17) is 5.73 Å². The van der Waals surface area contributed by atoms with Crippen molar-refractivity contribution in [3.63, 3.8) is 0 Å². The van der Waals surface area contributed by atoms with Crippen LogP contribution in [0.25, 0.3) is 0 Å². The summed E-state index contributed by atoms with van der Waals surface area (Å²) in [5, 5.41) is 13.3. The Labute approximate surface area is 99.0 Å². The summed E-state index contributed by atoms with van der Waals surface area (Å²) >= 11 is 0. The monoisotopic (exact) mass is 237 g/mol. The largest absolute Gasteiger partial charge is 0.330 e. The summed E-state index contributed by atoms with van der Waals surface area (Å²) in [7, 11) is 0. The number of benzene rings is 1. The van der Waals surface area contributed by atoms with Gasteiger partial charge in [-0.3, -0.25) is 14.9 Å². The van der Waals surface area contributed by atoms with Crippen LogP contribution in [-0.2, 0) is 4.79 Å². The molecule has 0 saturated carbocycles. The van der Waals surface area contributed by atoms with Gasteiger partial charge in [-0.2, -0.15) is 0 Å². The highest BCUT2D eigenvalue weighted by Crippen LogP contribution is 2.25. The highest BCUT2D eigenvalue weighted by atomic mass is 16.6. The minimum Gasteiger partial charge on any atom is -0.330 e. The van der Waals surface area contributed by atoms with Gasteiger partial charge >= 0.3 is 0 Å². The second kappa shape index (κ2) is 5.95. The van der Waals surface area contributed by atoms with E-state index >= 15 is 0 Å². The molecule has 0 aliphatic heterocycles. The third-order valence-corrected chi connectivity index (χ3v) is 2.38.